The van der Waals surface area contributed by atoms with Gasteiger partial charge in [-0.15, -0.1) is 0 Å². The third-order valence-electron chi connectivity index (χ3n) is 2.82. The van der Waals surface area contributed by atoms with Crippen LogP contribution in [0.5, 0.6) is 11.5 Å². The Balaban J connectivity index is 2.21. The lowest BCUT2D eigenvalue weighted by Gasteiger charge is -2.09. The molecule has 0 saturated carbocycles. The summed E-state index contributed by atoms with van der Waals surface area (Å²) < 4.78 is 32.9. The molecule has 4 heteroatoms. The van der Waals surface area contributed by atoms with Gasteiger partial charge in [-0.3, -0.25) is 0 Å². The number of ether oxygens (including phenoxy) is 1. The van der Waals surface area contributed by atoms with Crippen LogP contribution in [0.1, 0.15) is 25.3 Å². The van der Waals surface area contributed by atoms with E-state index in [1.54, 1.807) is 12.1 Å². The molecule has 0 aromatic heterocycles. The first-order valence-corrected chi connectivity index (χ1v) is 7.29. The summed E-state index contributed by atoms with van der Waals surface area (Å²) in [6.07, 6.45) is 2.84. The van der Waals surface area contributed by atoms with Crippen molar-refractivity contribution >= 4 is 15.9 Å². The van der Waals surface area contributed by atoms with Gasteiger partial charge in [-0.1, -0.05) is 29.3 Å². The fraction of sp³-hybridized carbons (Fsp3) is 0.250. The molecule has 0 radical (unpaired) electrons. The van der Waals surface area contributed by atoms with Crippen molar-refractivity contribution in [1.29, 1.82) is 0 Å². The molecule has 0 aliphatic rings. The van der Waals surface area contributed by atoms with E-state index in [1.807, 2.05) is 0 Å². The Morgan fingerprint density at radius 1 is 0.950 bits per heavy atom. The maximum atomic E-state index is 13.6. The Hall–Kier alpha value is -1.42. The Morgan fingerprint density at radius 2 is 1.60 bits per heavy atom. The van der Waals surface area contributed by atoms with Crippen molar-refractivity contribution in [2.75, 3.05) is 0 Å². The van der Waals surface area contributed by atoms with Gasteiger partial charge in [0.1, 0.15) is 23.1 Å². The lowest BCUT2D eigenvalue weighted by molar-refractivity contribution is 0.470. The molecular weight excluding hydrogens is 326 g/mol. The number of rotatable bonds is 5. The standard InChI is InChI=1S/C16H15BrF2O/c1-2-3-4-11-5-13(18)9-15(6-11)20-16-8-12(17)7-14(19)10-16/h5-10H,2-4H2,1H3. The van der Waals surface area contributed by atoms with Crippen LogP contribution in [0.2, 0.25) is 0 Å². The predicted octanol–water partition coefficient (Wildman–Crippen LogP) is 5.86. The van der Waals surface area contributed by atoms with Crippen LogP contribution in [-0.4, -0.2) is 0 Å². The van der Waals surface area contributed by atoms with E-state index < -0.39 is 5.82 Å². The summed E-state index contributed by atoms with van der Waals surface area (Å²) >= 11 is 3.20. The maximum Gasteiger partial charge on any atom is 0.131 e. The van der Waals surface area contributed by atoms with Gasteiger partial charge in [-0.2, -0.15) is 0 Å². The highest BCUT2D eigenvalue weighted by Gasteiger charge is 2.05. The van der Waals surface area contributed by atoms with Gasteiger partial charge in [0.05, 0.1) is 0 Å². The molecule has 0 N–H and O–H groups in total. The van der Waals surface area contributed by atoms with Crippen LogP contribution in [0.15, 0.2) is 40.9 Å². The van der Waals surface area contributed by atoms with E-state index in [4.69, 9.17) is 4.74 Å². The van der Waals surface area contributed by atoms with Gasteiger partial charge in [-0.25, -0.2) is 8.78 Å². The molecule has 0 bridgehead atoms. The average molecular weight is 341 g/mol. The molecule has 20 heavy (non-hydrogen) atoms. The van der Waals surface area contributed by atoms with Crippen LogP contribution in [0, 0.1) is 11.6 Å². The quantitative estimate of drug-likeness (QED) is 0.662. The van der Waals surface area contributed by atoms with Gasteiger partial charge in [-0.05, 0) is 42.7 Å². The van der Waals surface area contributed by atoms with Gasteiger partial charge >= 0.3 is 0 Å². The molecule has 1 nitrogen and oxygen atoms in total. The van der Waals surface area contributed by atoms with E-state index in [9.17, 15) is 8.78 Å². The van der Waals surface area contributed by atoms with E-state index in [1.165, 1.54) is 24.3 Å². The van der Waals surface area contributed by atoms with Crippen molar-refractivity contribution in [2.24, 2.45) is 0 Å². The van der Waals surface area contributed by atoms with E-state index in [-0.39, 0.29) is 5.82 Å². The van der Waals surface area contributed by atoms with Crippen molar-refractivity contribution in [3.05, 3.63) is 58.1 Å². The summed E-state index contributed by atoms with van der Waals surface area (Å²) in [6, 6.07) is 8.84. The number of hydrogen-bond donors (Lipinski definition) is 0. The second-order valence-electron chi connectivity index (χ2n) is 4.61. The molecule has 0 aliphatic heterocycles. The zero-order valence-corrected chi connectivity index (χ0v) is 12.7. The Kier molecular flexibility index (Phi) is 5.12. The summed E-state index contributed by atoms with van der Waals surface area (Å²) in [5, 5.41) is 0. The lowest BCUT2D eigenvalue weighted by Crippen LogP contribution is -1.91. The van der Waals surface area contributed by atoms with Gasteiger partial charge in [0, 0.05) is 16.6 Å². The first-order valence-electron chi connectivity index (χ1n) is 6.50. The molecule has 106 valence electrons. The molecule has 0 amide bonds. The van der Waals surface area contributed by atoms with Gasteiger partial charge in [0.15, 0.2) is 0 Å². The molecule has 2 aromatic carbocycles. The zero-order valence-electron chi connectivity index (χ0n) is 11.1. The molecule has 0 spiro atoms. The minimum absolute atomic E-state index is 0.337. The van der Waals surface area contributed by atoms with E-state index >= 15 is 0 Å². The first-order chi connectivity index (χ1) is 9.56. The summed E-state index contributed by atoms with van der Waals surface area (Å²) in [5.74, 6) is -0.0291. The van der Waals surface area contributed by atoms with Crippen LogP contribution >= 0.6 is 15.9 Å². The molecule has 2 rings (SSSR count). The summed E-state index contributed by atoms with van der Waals surface area (Å²) in [7, 11) is 0. The molecule has 0 fully saturated rings. The fourth-order valence-electron chi connectivity index (χ4n) is 1.93. The van der Waals surface area contributed by atoms with Crippen LogP contribution in [0.4, 0.5) is 8.78 Å². The minimum Gasteiger partial charge on any atom is -0.457 e. The summed E-state index contributed by atoms with van der Waals surface area (Å²) in [4.78, 5) is 0. The Morgan fingerprint density at radius 3 is 2.25 bits per heavy atom. The normalized spacial score (nSPS) is 10.6. The maximum absolute atomic E-state index is 13.6. The SMILES string of the molecule is CCCCc1cc(F)cc(Oc2cc(F)cc(Br)c2)c1. The molecule has 0 heterocycles. The van der Waals surface area contributed by atoms with Gasteiger partial charge < -0.3 is 4.74 Å². The number of benzene rings is 2. The molecule has 0 saturated heterocycles. The van der Waals surface area contributed by atoms with Crippen molar-refractivity contribution in [3.63, 3.8) is 0 Å². The predicted molar refractivity (Wildman–Crippen MR) is 79.2 cm³/mol. The van der Waals surface area contributed by atoms with Crippen molar-refractivity contribution < 1.29 is 13.5 Å². The smallest absolute Gasteiger partial charge is 0.131 e. The third-order valence-corrected chi connectivity index (χ3v) is 3.28. The minimum atomic E-state index is -0.406. The molecule has 0 aliphatic carbocycles. The van der Waals surface area contributed by atoms with Crippen LogP contribution in [-0.2, 0) is 6.42 Å². The molecule has 2 aromatic rings. The highest BCUT2D eigenvalue weighted by atomic mass is 79.9. The largest absolute Gasteiger partial charge is 0.457 e. The number of halogens is 3. The second-order valence-corrected chi connectivity index (χ2v) is 5.52. The van der Waals surface area contributed by atoms with Crippen LogP contribution < -0.4 is 4.74 Å². The third kappa shape index (κ3) is 4.30. The number of unbranched alkanes of at least 4 members (excludes halogenated alkanes) is 1. The van der Waals surface area contributed by atoms with E-state index in [2.05, 4.69) is 22.9 Å². The Labute approximate surface area is 125 Å². The monoisotopic (exact) mass is 340 g/mol. The van der Waals surface area contributed by atoms with E-state index in [0.29, 0.717) is 16.0 Å². The first kappa shape index (κ1) is 15.0. The zero-order chi connectivity index (χ0) is 14.5. The lowest BCUT2D eigenvalue weighted by atomic mass is 10.1. The van der Waals surface area contributed by atoms with Gasteiger partial charge in [0.25, 0.3) is 0 Å². The molecule has 0 atom stereocenters. The van der Waals surface area contributed by atoms with Crippen molar-refractivity contribution in [1.82, 2.24) is 0 Å². The van der Waals surface area contributed by atoms with E-state index in [0.717, 1.165) is 24.8 Å². The molecular formula is C16H15BrF2O. The van der Waals surface area contributed by atoms with Crippen molar-refractivity contribution in [3.8, 4) is 11.5 Å². The average Bonchev–Trinajstić information content (AvgIpc) is 2.34. The Bertz CT molecular complexity index is 579. The number of aryl methyl sites for hydroxylation is 1. The fourth-order valence-corrected chi connectivity index (χ4v) is 2.37. The highest BCUT2D eigenvalue weighted by Crippen LogP contribution is 2.27. The van der Waals surface area contributed by atoms with Gasteiger partial charge in [0.2, 0.25) is 0 Å². The van der Waals surface area contributed by atoms with Crippen LogP contribution in [0.25, 0.3) is 0 Å². The summed E-state index contributed by atoms with van der Waals surface area (Å²) in [6.45, 7) is 2.08. The van der Waals surface area contributed by atoms with Crippen LogP contribution in [0.3, 0.4) is 0 Å². The molecule has 0 unspecified atom stereocenters. The van der Waals surface area contributed by atoms with Crippen molar-refractivity contribution in [2.45, 2.75) is 26.2 Å². The second kappa shape index (κ2) is 6.84. The number of hydrogen-bond acceptors (Lipinski definition) is 1. The topological polar surface area (TPSA) is 9.23 Å². The summed E-state index contributed by atoms with van der Waals surface area (Å²) in [5.41, 5.74) is 0.886. The highest BCUT2D eigenvalue weighted by molar-refractivity contribution is 9.10.